The quantitative estimate of drug-likeness (QED) is 0.547. The van der Waals surface area contributed by atoms with E-state index in [1.807, 2.05) is 0 Å². The summed E-state index contributed by atoms with van der Waals surface area (Å²) in [6.07, 6.45) is -1.74. The van der Waals surface area contributed by atoms with E-state index in [0.29, 0.717) is 42.3 Å². The molecule has 11 heteroatoms. The number of nitrogens with zero attached hydrogens (tertiary/aromatic N) is 5. The van der Waals surface area contributed by atoms with Gasteiger partial charge in [0.15, 0.2) is 5.52 Å². The summed E-state index contributed by atoms with van der Waals surface area (Å²) in [4.78, 5) is 39.0. The van der Waals surface area contributed by atoms with Crippen LogP contribution in [-0.4, -0.2) is 36.9 Å². The van der Waals surface area contributed by atoms with Crippen LogP contribution < -0.4 is 11.1 Å². The van der Waals surface area contributed by atoms with Crippen LogP contribution in [0.4, 0.5) is 13.2 Å². The van der Waals surface area contributed by atoms with E-state index in [0.717, 1.165) is 5.56 Å². The first-order chi connectivity index (χ1) is 16.9. The molecule has 3 aromatic rings. The van der Waals surface area contributed by atoms with Crippen molar-refractivity contribution in [1.82, 2.24) is 24.1 Å². The second kappa shape index (κ2) is 7.47. The van der Waals surface area contributed by atoms with Crippen molar-refractivity contribution in [2.75, 3.05) is 6.61 Å². The lowest BCUT2D eigenvalue weighted by Gasteiger charge is -2.70. The van der Waals surface area contributed by atoms with E-state index in [1.165, 1.54) is 15.2 Å². The number of ether oxygens (including phenoxy) is 1. The summed E-state index contributed by atoms with van der Waals surface area (Å²) in [5.74, 6) is 0.756. The van der Waals surface area contributed by atoms with Crippen LogP contribution in [0.25, 0.3) is 11.0 Å². The van der Waals surface area contributed by atoms with E-state index in [1.54, 1.807) is 33.3 Å². The number of alkyl halides is 3. The van der Waals surface area contributed by atoms with E-state index >= 15 is 0 Å². The van der Waals surface area contributed by atoms with Crippen molar-refractivity contribution in [1.29, 1.82) is 0 Å². The highest BCUT2D eigenvalue weighted by molar-refractivity contribution is 5.78. The van der Waals surface area contributed by atoms with Crippen LogP contribution in [0.2, 0.25) is 0 Å². The molecule has 0 amide bonds. The molecular weight excluding hydrogens is 475 g/mol. The summed E-state index contributed by atoms with van der Waals surface area (Å²) >= 11 is 0. The lowest BCUT2D eigenvalue weighted by molar-refractivity contribution is -0.337. The highest BCUT2D eigenvalue weighted by atomic mass is 19.4. The van der Waals surface area contributed by atoms with Gasteiger partial charge in [-0.2, -0.15) is 13.2 Å². The average Bonchev–Trinajstić information content (AvgIpc) is 2.77. The van der Waals surface area contributed by atoms with Crippen LogP contribution >= 0.6 is 0 Å². The molecular formula is C25H26F3N5O3. The molecule has 0 radical (unpaired) electrons. The van der Waals surface area contributed by atoms with Crippen molar-refractivity contribution < 1.29 is 17.9 Å². The SMILES string of the molecule is Cc1nc2c(C34CC(C(F)(F)F)(C3)C4)nc(C3CCOC(c4ccc(=O)n(C)c4)C3)nc2c(=O)n1C. The zero-order chi connectivity index (χ0) is 25.6. The molecule has 3 aromatic heterocycles. The summed E-state index contributed by atoms with van der Waals surface area (Å²) in [6.45, 7) is 2.12. The van der Waals surface area contributed by atoms with Gasteiger partial charge in [0, 0.05) is 44.3 Å². The van der Waals surface area contributed by atoms with E-state index in [2.05, 4.69) is 9.97 Å². The number of hydrogen-bond donors (Lipinski definition) is 0. The van der Waals surface area contributed by atoms with Crippen molar-refractivity contribution in [3.63, 3.8) is 0 Å². The summed E-state index contributed by atoms with van der Waals surface area (Å²) in [7, 11) is 3.28. The zero-order valence-electron chi connectivity index (χ0n) is 20.2. The van der Waals surface area contributed by atoms with E-state index in [-0.39, 0.29) is 47.9 Å². The lowest BCUT2D eigenvalue weighted by Crippen LogP contribution is -2.70. The van der Waals surface area contributed by atoms with Gasteiger partial charge in [0.1, 0.15) is 17.2 Å². The zero-order valence-corrected chi connectivity index (χ0v) is 20.2. The molecule has 1 aliphatic heterocycles. The first-order valence-electron chi connectivity index (χ1n) is 12.0. The van der Waals surface area contributed by atoms with Gasteiger partial charge in [-0.1, -0.05) is 0 Å². The van der Waals surface area contributed by atoms with Gasteiger partial charge in [0.2, 0.25) is 5.56 Å². The largest absolute Gasteiger partial charge is 0.394 e. The topological polar surface area (TPSA) is 91.9 Å². The molecule has 3 saturated carbocycles. The molecule has 2 bridgehead atoms. The molecule has 190 valence electrons. The van der Waals surface area contributed by atoms with Crippen LogP contribution in [0.15, 0.2) is 27.9 Å². The van der Waals surface area contributed by atoms with Crippen molar-refractivity contribution >= 4 is 11.0 Å². The molecule has 36 heavy (non-hydrogen) atoms. The van der Waals surface area contributed by atoms with E-state index in [9.17, 15) is 22.8 Å². The Bertz CT molecular complexity index is 1510. The average molecular weight is 502 g/mol. The van der Waals surface area contributed by atoms with Gasteiger partial charge in [-0.15, -0.1) is 0 Å². The van der Waals surface area contributed by atoms with Gasteiger partial charge in [-0.25, -0.2) is 15.0 Å². The number of rotatable bonds is 3. The number of fused-ring (bicyclic) bond motifs is 1. The third-order valence-corrected chi connectivity index (χ3v) is 8.43. The summed E-state index contributed by atoms with van der Waals surface area (Å²) in [5, 5.41) is 0. The van der Waals surface area contributed by atoms with Crippen LogP contribution in [0.5, 0.6) is 0 Å². The minimum Gasteiger partial charge on any atom is -0.373 e. The Hall–Kier alpha value is -3.08. The molecule has 2 atom stereocenters. The van der Waals surface area contributed by atoms with Crippen molar-refractivity contribution in [3.05, 3.63) is 61.9 Å². The first-order valence-corrected chi connectivity index (χ1v) is 12.0. The van der Waals surface area contributed by atoms with Crippen LogP contribution in [0.1, 0.15) is 67.0 Å². The molecule has 0 N–H and O–H groups in total. The summed E-state index contributed by atoms with van der Waals surface area (Å²) < 4.78 is 49.6. The molecule has 4 aliphatic rings. The number of pyridine rings is 1. The van der Waals surface area contributed by atoms with Crippen LogP contribution in [0.3, 0.4) is 0 Å². The number of hydrogen-bond acceptors (Lipinski definition) is 6. The smallest absolute Gasteiger partial charge is 0.373 e. The van der Waals surface area contributed by atoms with Gasteiger partial charge in [0.25, 0.3) is 5.56 Å². The second-order valence-electron chi connectivity index (χ2n) is 10.7. The fourth-order valence-electron chi connectivity index (χ4n) is 6.23. The Morgan fingerprint density at radius 3 is 2.44 bits per heavy atom. The Kier molecular flexibility index (Phi) is 4.84. The molecule has 4 heterocycles. The van der Waals surface area contributed by atoms with Crippen LogP contribution in [0, 0.1) is 12.3 Å². The van der Waals surface area contributed by atoms with Crippen molar-refractivity contribution in [3.8, 4) is 0 Å². The Labute approximate surface area is 204 Å². The summed E-state index contributed by atoms with van der Waals surface area (Å²) in [6, 6.07) is 3.23. The Morgan fingerprint density at radius 2 is 1.78 bits per heavy atom. The maximum absolute atomic E-state index is 13.6. The third-order valence-electron chi connectivity index (χ3n) is 8.43. The van der Waals surface area contributed by atoms with E-state index in [4.69, 9.17) is 9.72 Å². The standard InChI is InChI=1S/C25H26F3N5O3/c1-13-29-18-19(22(35)33(13)3)30-21(31-20(18)23-10-24(11-23,12-23)25(26,27)28)14-6-7-36-16(8-14)15-4-5-17(34)32(2)9-15/h4-5,9,14,16H,6-8,10-12H2,1-3H3. The minimum atomic E-state index is -4.25. The fraction of sp³-hybridized carbons (Fsp3) is 0.560. The minimum absolute atomic E-state index is 0.0283. The van der Waals surface area contributed by atoms with Gasteiger partial charge in [-0.3, -0.25) is 14.2 Å². The number of aromatic nitrogens is 5. The molecule has 4 fully saturated rings. The third kappa shape index (κ3) is 3.21. The summed E-state index contributed by atoms with van der Waals surface area (Å²) in [5.41, 5.74) is -1.03. The molecule has 0 aromatic carbocycles. The lowest BCUT2D eigenvalue weighted by atomic mass is 9.34. The Balaban J connectivity index is 1.42. The molecule has 3 aliphatic carbocycles. The maximum atomic E-state index is 13.6. The predicted octanol–water partition coefficient (Wildman–Crippen LogP) is 3.35. The monoisotopic (exact) mass is 501 g/mol. The number of halogens is 3. The van der Waals surface area contributed by atoms with Crippen molar-refractivity contribution in [2.24, 2.45) is 19.5 Å². The van der Waals surface area contributed by atoms with Crippen molar-refractivity contribution in [2.45, 2.75) is 62.6 Å². The van der Waals surface area contributed by atoms with E-state index < -0.39 is 17.0 Å². The molecule has 7 rings (SSSR count). The maximum Gasteiger partial charge on any atom is 0.394 e. The predicted molar refractivity (Wildman–Crippen MR) is 124 cm³/mol. The molecule has 0 spiro atoms. The fourth-order valence-corrected chi connectivity index (χ4v) is 6.23. The van der Waals surface area contributed by atoms with Gasteiger partial charge < -0.3 is 9.30 Å². The Morgan fingerprint density at radius 1 is 1.06 bits per heavy atom. The first kappa shape index (κ1) is 23.3. The van der Waals surface area contributed by atoms with Gasteiger partial charge in [0.05, 0.1) is 17.2 Å². The molecule has 8 nitrogen and oxygen atoms in total. The molecule has 1 saturated heterocycles. The number of aryl methyl sites for hydroxylation is 2. The molecule has 2 unspecified atom stereocenters. The second-order valence-corrected chi connectivity index (χ2v) is 10.7. The van der Waals surface area contributed by atoms with Crippen LogP contribution in [-0.2, 0) is 24.2 Å². The van der Waals surface area contributed by atoms with Gasteiger partial charge >= 0.3 is 6.18 Å². The normalized spacial score (nSPS) is 29.6. The highest BCUT2D eigenvalue weighted by Gasteiger charge is 2.79. The highest BCUT2D eigenvalue weighted by Crippen LogP contribution is 2.78. The van der Waals surface area contributed by atoms with Gasteiger partial charge in [-0.05, 0) is 50.7 Å².